The number of ether oxygens (including phenoxy) is 1. The molecule has 1 amide bonds. The highest BCUT2D eigenvalue weighted by Crippen LogP contribution is 2.15. The molecular weight excluding hydrogens is 280 g/mol. The van der Waals surface area contributed by atoms with Crippen LogP contribution in [0.1, 0.15) is 20.8 Å². The molecule has 0 aromatic carbocycles. The fourth-order valence-corrected chi connectivity index (χ4v) is 1.55. The molecule has 9 heteroatoms. The van der Waals surface area contributed by atoms with Crippen molar-refractivity contribution >= 4 is 18.1 Å². The quantitative estimate of drug-likeness (QED) is 0.330. The summed E-state index contributed by atoms with van der Waals surface area (Å²) < 4.78 is 5.16. The molecule has 0 spiro atoms. The minimum atomic E-state index is -0.811. The number of allylic oxidation sites excluding steroid dienone is 1. The predicted molar refractivity (Wildman–Crippen MR) is 73.6 cm³/mol. The molecular formula is C12H18N4O5. The summed E-state index contributed by atoms with van der Waals surface area (Å²) in [5.41, 5.74) is -1.90. The molecule has 2 N–H and O–H groups in total. The molecule has 0 aliphatic carbocycles. The first-order valence-corrected chi connectivity index (χ1v) is 6.26. The van der Waals surface area contributed by atoms with Crippen LogP contribution in [0.2, 0.25) is 0 Å². The van der Waals surface area contributed by atoms with Gasteiger partial charge in [-0.05, 0) is 20.8 Å². The van der Waals surface area contributed by atoms with Gasteiger partial charge < -0.3 is 15.0 Å². The van der Waals surface area contributed by atoms with Gasteiger partial charge in [0.15, 0.2) is 12.0 Å². The Bertz CT molecular complexity index is 488. The topological polar surface area (TPSA) is 126 Å². The number of nitrogens with one attached hydrogen (secondary N) is 2. The first-order valence-electron chi connectivity index (χ1n) is 6.26. The van der Waals surface area contributed by atoms with Crippen molar-refractivity contribution in [3.05, 3.63) is 22.0 Å². The van der Waals surface area contributed by atoms with Crippen LogP contribution in [0.25, 0.3) is 0 Å². The van der Waals surface area contributed by atoms with Crippen LogP contribution in [0.4, 0.5) is 4.79 Å². The number of rotatable bonds is 5. The average molecular weight is 298 g/mol. The van der Waals surface area contributed by atoms with Gasteiger partial charge in [-0.25, -0.2) is 4.79 Å². The van der Waals surface area contributed by atoms with Gasteiger partial charge in [0, 0.05) is 13.1 Å². The van der Waals surface area contributed by atoms with Crippen molar-refractivity contribution in [1.82, 2.24) is 10.2 Å². The van der Waals surface area contributed by atoms with Crippen molar-refractivity contribution in [3.8, 4) is 0 Å². The van der Waals surface area contributed by atoms with Crippen molar-refractivity contribution in [2.75, 3.05) is 13.1 Å². The standard InChI is InChI=1S/C12H18N4O5/c1-12(2,3)21-11(18)15-5-8(6-15)14-4-10(16(19)20)9(13)7-17/h4,7-8,13-14H,5-6H2,1-3H3/b10-4+,13-9?. The van der Waals surface area contributed by atoms with E-state index in [0.29, 0.717) is 13.1 Å². The number of aldehydes is 1. The molecule has 1 heterocycles. The van der Waals surface area contributed by atoms with E-state index in [4.69, 9.17) is 10.1 Å². The molecule has 21 heavy (non-hydrogen) atoms. The highest BCUT2D eigenvalue weighted by molar-refractivity contribution is 6.33. The average Bonchev–Trinajstić information content (AvgIpc) is 2.28. The molecule has 1 saturated heterocycles. The van der Waals surface area contributed by atoms with Crippen molar-refractivity contribution in [2.45, 2.75) is 32.4 Å². The second-order valence-corrected chi connectivity index (χ2v) is 5.57. The third kappa shape index (κ3) is 4.86. The van der Waals surface area contributed by atoms with E-state index in [2.05, 4.69) is 5.32 Å². The second-order valence-electron chi connectivity index (χ2n) is 5.57. The minimum absolute atomic E-state index is 0.101. The minimum Gasteiger partial charge on any atom is -0.444 e. The first-order chi connectivity index (χ1) is 9.64. The number of nitrogens with zero attached hydrogens (tertiary/aromatic N) is 2. The summed E-state index contributed by atoms with van der Waals surface area (Å²) in [4.78, 5) is 33.3. The Balaban J connectivity index is 2.48. The third-order valence-electron chi connectivity index (χ3n) is 2.58. The summed E-state index contributed by atoms with van der Waals surface area (Å²) in [6.07, 6.45) is 0.664. The zero-order valence-electron chi connectivity index (χ0n) is 12.1. The van der Waals surface area contributed by atoms with Gasteiger partial charge in [-0.3, -0.25) is 20.3 Å². The fourth-order valence-electron chi connectivity index (χ4n) is 1.55. The highest BCUT2D eigenvalue weighted by atomic mass is 16.6. The van der Waals surface area contributed by atoms with Gasteiger partial charge in [-0.1, -0.05) is 0 Å². The molecule has 0 aromatic rings. The predicted octanol–water partition coefficient (Wildman–Crippen LogP) is 0.532. The normalized spacial score (nSPS) is 16.0. The number of hydrogen-bond donors (Lipinski definition) is 2. The SMILES string of the molecule is CC(C)(C)OC(=O)N1CC(N/C=C(\C(=N)C=O)[N+](=O)[O-])C1. The lowest BCUT2D eigenvalue weighted by Gasteiger charge is -2.39. The summed E-state index contributed by atoms with van der Waals surface area (Å²) in [6.45, 7) is 5.96. The van der Waals surface area contributed by atoms with Gasteiger partial charge in [0.1, 0.15) is 5.60 Å². The van der Waals surface area contributed by atoms with Gasteiger partial charge in [-0.15, -0.1) is 0 Å². The summed E-state index contributed by atoms with van der Waals surface area (Å²) in [7, 11) is 0. The van der Waals surface area contributed by atoms with Crippen LogP contribution in [0.3, 0.4) is 0 Å². The van der Waals surface area contributed by atoms with Crippen LogP contribution in [-0.2, 0) is 9.53 Å². The number of amides is 1. The van der Waals surface area contributed by atoms with Gasteiger partial charge >= 0.3 is 11.8 Å². The van der Waals surface area contributed by atoms with Crippen LogP contribution < -0.4 is 5.32 Å². The summed E-state index contributed by atoms with van der Waals surface area (Å²) >= 11 is 0. The molecule has 0 radical (unpaired) electrons. The van der Waals surface area contributed by atoms with E-state index in [1.54, 1.807) is 20.8 Å². The fraction of sp³-hybridized carbons (Fsp3) is 0.583. The smallest absolute Gasteiger partial charge is 0.410 e. The Hall–Kier alpha value is -2.45. The molecule has 0 atom stereocenters. The Morgan fingerprint density at radius 1 is 1.48 bits per heavy atom. The molecule has 0 bridgehead atoms. The first kappa shape index (κ1) is 16.6. The van der Waals surface area contributed by atoms with Gasteiger partial charge in [0.25, 0.3) is 0 Å². The van der Waals surface area contributed by atoms with E-state index < -0.39 is 28.0 Å². The number of hydrogen-bond acceptors (Lipinski definition) is 7. The molecule has 0 aromatic heterocycles. The summed E-state index contributed by atoms with van der Waals surface area (Å²) in [5, 5.41) is 20.5. The lowest BCUT2D eigenvalue weighted by molar-refractivity contribution is -0.415. The van der Waals surface area contributed by atoms with Crippen molar-refractivity contribution in [2.24, 2.45) is 0 Å². The number of carbonyl (C=O) groups excluding carboxylic acids is 2. The molecule has 1 aliphatic heterocycles. The van der Waals surface area contributed by atoms with Crippen LogP contribution >= 0.6 is 0 Å². The Labute approximate surface area is 121 Å². The van der Waals surface area contributed by atoms with Crippen LogP contribution in [0.5, 0.6) is 0 Å². The number of likely N-dealkylation sites (tertiary alicyclic amines) is 1. The zero-order chi connectivity index (χ0) is 16.2. The van der Waals surface area contributed by atoms with Crippen molar-refractivity contribution in [1.29, 1.82) is 5.41 Å². The van der Waals surface area contributed by atoms with E-state index in [1.165, 1.54) is 4.90 Å². The van der Waals surface area contributed by atoms with Gasteiger partial charge in [0.2, 0.25) is 0 Å². The van der Waals surface area contributed by atoms with E-state index in [0.717, 1.165) is 6.20 Å². The van der Waals surface area contributed by atoms with Crippen molar-refractivity contribution < 1.29 is 19.2 Å². The lowest BCUT2D eigenvalue weighted by Crippen LogP contribution is -2.59. The zero-order valence-corrected chi connectivity index (χ0v) is 12.1. The Morgan fingerprint density at radius 2 is 2.05 bits per heavy atom. The number of nitro groups is 1. The molecule has 0 saturated carbocycles. The molecule has 0 unspecified atom stereocenters. The molecule has 116 valence electrons. The maximum absolute atomic E-state index is 11.7. The Morgan fingerprint density at radius 3 is 2.48 bits per heavy atom. The van der Waals surface area contributed by atoms with Gasteiger partial charge in [-0.2, -0.15) is 0 Å². The third-order valence-corrected chi connectivity index (χ3v) is 2.58. The van der Waals surface area contributed by atoms with E-state index in [9.17, 15) is 19.7 Å². The van der Waals surface area contributed by atoms with Crippen LogP contribution in [0.15, 0.2) is 11.9 Å². The van der Waals surface area contributed by atoms with Crippen molar-refractivity contribution in [3.63, 3.8) is 0 Å². The number of carbonyl (C=O) groups is 2. The Kier molecular flexibility index (Phi) is 5.01. The second kappa shape index (κ2) is 6.33. The highest BCUT2D eigenvalue weighted by Gasteiger charge is 2.33. The van der Waals surface area contributed by atoms with E-state index >= 15 is 0 Å². The molecule has 1 fully saturated rings. The van der Waals surface area contributed by atoms with Crippen LogP contribution in [0, 0.1) is 15.5 Å². The maximum atomic E-state index is 11.7. The monoisotopic (exact) mass is 298 g/mol. The molecule has 1 aliphatic rings. The summed E-state index contributed by atoms with van der Waals surface area (Å²) in [5.74, 6) is 0. The van der Waals surface area contributed by atoms with E-state index in [-0.39, 0.29) is 12.3 Å². The lowest BCUT2D eigenvalue weighted by atomic mass is 10.1. The van der Waals surface area contributed by atoms with Crippen LogP contribution in [-0.4, -0.2) is 52.6 Å². The molecule has 9 nitrogen and oxygen atoms in total. The maximum Gasteiger partial charge on any atom is 0.410 e. The van der Waals surface area contributed by atoms with Gasteiger partial charge in [0.05, 0.1) is 17.2 Å². The molecule has 1 rings (SSSR count). The summed E-state index contributed by atoms with van der Waals surface area (Å²) in [6, 6.07) is -0.174. The van der Waals surface area contributed by atoms with E-state index in [1.807, 2.05) is 0 Å². The largest absolute Gasteiger partial charge is 0.444 e.